The van der Waals surface area contributed by atoms with Crippen LogP contribution in [0.1, 0.15) is 5.56 Å². The fourth-order valence-corrected chi connectivity index (χ4v) is 1.94. The molecule has 22 heavy (non-hydrogen) atoms. The van der Waals surface area contributed by atoms with Crippen molar-refractivity contribution in [2.45, 2.75) is 18.5 Å². The summed E-state index contributed by atoms with van der Waals surface area (Å²) < 4.78 is 44.2. The highest BCUT2D eigenvalue weighted by atomic mass is 79.9. The van der Waals surface area contributed by atoms with Crippen molar-refractivity contribution in [2.24, 2.45) is 0 Å². The summed E-state index contributed by atoms with van der Waals surface area (Å²) in [5.74, 6) is -3.80. The molecule has 0 spiro atoms. The van der Waals surface area contributed by atoms with Crippen LogP contribution in [0.4, 0.5) is 13.2 Å². The van der Waals surface area contributed by atoms with E-state index in [2.05, 4.69) is 21.0 Å². The molecular formula is C13H12BrF3N2O3. The lowest BCUT2D eigenvalue weighted by Gasteiger charge is -2.24. The number of rotatable bonds is 5. The SMILES string of the molecule is OC(O)(COc1cccc(Cn2cc(Br)cn2)c1)C(F)(F)F. The zero-order chi connectivity index (χ0) is 16.4. The summed E-state index contributed by atoms with van der Waals surface area (Å²) in [6, 6.07) is 6.27. The Labute approximate surface area is 132 Å². The summed E-state index contributed by atoms with van der Waals surface area (Å²) in [6.45, 7) is -0.918. The van der Waals surface area contributed by atoms with Crippen LogP contribution >= 0.6 is 15.9 Å². The Bertz CT molecular complexity index is 643. The van der Waals surface area contributed by atoms with E-state index in [-0.39, 0.29) is 5.75 Å². The van der Waals surface area contributed by atoms with Gasteiger partial charge in [-0.2, -0.15) is 18.3 Å². The smallest absolute Gasteiger partial charge is 0.446 e. The van der Waals surface area contributed by atoms with E-state index in [4.69, 9.17) is 14.9 Å². The van der Waals surface area contributed by atoms with Crippen LogP contribution in [-0.2, 0) is 6.54 Å². The minimum Gasteiger partial charge on any atom is -0.488 e. The van der Waals surface area contributed by atoms with Crippen LogP contribution in [0.15, 0.2) is 41.1 Å². The van der Waals surface area contributed by atoms with Crippen LogP contribution in [0.5, 0.6) is 5.75 Å². The lowest BCUT2D eigenvalue weighted by atomic mass is 10.2. The molecule has 0 radical (unpaired) electrons. The molecule has 0 saturated carbocycles. The van der Waals surface area contributed by atoms with Crippen molar-refractivity contribution in [1.29, 1.82) is 0 Å². The van der Waals surface area contributed by atoms with Gasteiger partial charge in [0.15, 0.2) is 6.61 Å². The molecule has 5 nitrogen and oxygen atoms in total. The quantitative estimate of drug-likeness (QED) is 0.781. The molecule has 9 heteroatoms. The van der Waals surface area contributed by atoms with E-state index < -0.39 is 18.6 Å². The van der Waals surface area contributed by atoms with Crippen LogP contribution in [0.3, 0.4) is 0 Å². The lowest BCUT2D eigenvalue weighted by Crippen LogP contribution is -2.49. The Balaban J connectivity index is 2.03. The van der Waals surface area contributed by atoms with Gasteiger partial charge in [-0.15, -0.1) is 0 Å². The minimum atomic E-state index is -5.19. The molecule has 0 aliphatic heterocycles. The Hall–Kier alpha value is -1.58. The van der Waals surface area contributed by atoms with Crippen molar-refractivity contribution in [3.8, 4) is 5.75 Å². The average molecular weight is 381 g/mol. The van der Waals surface area contributed by atoms with Crippen LogP contribution in [0.25, 0.3) is 0 Å². The third-order valence-electron chi connectivity index (χ3n) is 2.74. The van der Waals surface area contributed by atoms with Gasteiger partial charge in [0.25, 0.3) is 5.79 Å². The summed E-state index contributed by atoms with van der Waals surface area (Å²) in [4.78, 5) is 0. The van der Waals surface area contributed by atoms with Crippen molar-refractivity contribution in [3.05, 3.63) is 46.7 Å². The van der Waals surface area contributed by atoms with Gasteiger partial charge in [-0.05, 0) is 33.6 Å². The fourth-order valence-electron chi connectivity index (χ4n) is 1.61. The molecule has 0 aliphatic carbocycles. The number of benzene rings is 1. The second-order valence-electron chi connectivity index (χ2n) is 4.61. The van der Waals surface area contributed by atoms with Gasteiger partial charge in [0.2, 0.25) is 0 Å². The molecule has 1 heterocycles. The summed E-state index contributed by atoms with van der Waals surface area (Å²) in [6.07, 6.45) is -1.84. The number of hydrogen-bond acceptors (Lipinski definition) is 4. The predicted molar refractivity (Wildman–Crippen MR) is 74.2 cm³/mol. The second-order valence-corrected chi connectivity index (χ2v) is 5.52. The first-order chi connectivity index (χ1) is 10.2. The van der Waals surface area contributed by atoms with E-state index in [1.807, 2.05) is 0 Å². The second kappa shape index (κ2) is 6.27. The first-order valence-electron chi connectivity index (χ1n) is 6.08. The molecule has 2 rings (SSSR count). The zero-order valence-corrected chi connectivity index (χ0v) is 12.7. The van der Waals surface area contributed by atoms with Gasteiger partial charge in [-0.1, -0.05) is 12.1 Å². The molecule has 2 aromatic rings. The standard InChI is InChI=1S/C13H12BrF3N2O3/c14-10-5-18-19(7-10)6-9-2-1-3-11(4-9)22-8-12(20,21)13(15,16)17/h1-5,7,20-21H,6,8H2. The van der Waals surface area contributed by atoms with E-state index in [1.165, 1.54) is 12.1 Å². The predicted octanol–water partition coefficient (Wildman–Crippen LogP) is 2.32. The molecule has 0 atom stereocenters. The van der Waals surface area contributed by atoms with Gasteiger partial charge in [-0.25, -0.2) is 0 Å². The first kappa shape index (κ1) is 16.8. The van der Waals surface area contributed by atoms with Gasteiger partial charge in [0, 0.05) is 6.20 Å². The lowest BCUT2D eigenvalue weighted by molar-refractivity contribution is -0.355. The third-order valence-corrected chi connectivity index (χ3v) is 3.15. The normalized spacial score (nSPS) is 12.5. The van der Waals surface area contributed by atoms with E-state index >= 15 is 0 Å². The number of aromatic nitrogens is 2. The topological polar surface area (TPSA) is 67.5 Å². The van der Waals surface area contributed by atoms with E-state index in [1.54, 1.807) is 29.2 Å². The molecule has 1 aromatic carbocycles. The van der Waals surface area contributed by atoms with E-state index in [0.29, 0.717) is 6.54 Å². The Morgan fingerprint density at radius 2 is 2.00 bits per heavy atom. The summed E-state index contributed by atoms with van der Waals surface area (Å²) >= 11 is 3.26. The Morgan fingerprint density at radius 3 is 2.59 bits per heavy atom. The van der Waals surface area contributed by atoms with E-state index in [9.17, 15) is 13.2 Å². The van der Waals surface area contributed by atoms with Gasteiger partial charge in [-0.3, -0.25) is 4.68 Å². The van der Waals surface area contributed by atoms with Crippen molar-refractivity contribution >= 4 is 15.9 Å². The third kappa shape index (κ3) is 4.21. The van der Waals surface area contributed by atoms with Crippen LogP contribution in [-0.4, -0.2) is 38.6 Å². The Kier molecular flexibility index (Phi) is 4.78. The maximum Gasteiger partial charge on any atom is 0.446 e. The highest BCUT2D eigenvalue weighted by Crippen LogP contribution is 2.29. The van der Waals surface area contributed by atoms with Crippen LogP contribution in [0.2, 0.25) is 0 Å². The molecular weight excluding hydrogens is 369 g/mol. The zero-order valence-electron chi connectivity index (χ0n) is 11.1. The maximum absolute atomic E-state index is 12.3. The monoisotopic (exact) mass is 380 g/mol. The fraction of sp³-hybridized carbons (Fsp3) is 0.308. The molecule has 0 bridgehead atoms. The molecule has 0 fully saturated rings. The number of nitrogens with zero attached hydrogens (tertiary/aromatic N) is 2. The average Bonchev–Trinajstić information content (AvgIpc) is 2.81. The van der Waals surface area contributed by atoms with Gasteiger partial charge in [0.05, 0.1) is 17.2 Å². The number of halogens is 4. The molecule has 0 saturated heterocycles. The number of aliphatic hydroxyl groups is 2. The molecule has 1 aromatic heterocycles. The van der Waals surface area contributed by atoms with Crippen molar-refractivity contribution in [3.63, 3.8) is 0 Å². The van der Waals surface area contributed by atoms with Gasteiger partial charge in [0.1, 0.15) is 5.75 Å². The number of hydrogen-bond donors (Lipinski definition) is 2. The molecule has 2 N–H and O–H groups in total. The first-order valence-corrected chi connectivity index (χ1v) is 6.88. The van der Waals surface area contributed by atoms with E-state index in [0.717, 1.165) is 10.0 Å². The van der Waals surface area contributed by atoms with Crippen molar-refractivity contribution < 1.29 is 28.1 Å². The Morgan fingerprint density at radius 1 is 1.27 bits per heavy atom. The maximum atomic E-state index is 12.3. The van der Waals surface area contributed by atoms with Crippen molar-refractivity contribution in [1.82, 2.24) is 9.78 Å². The molecule has 0 unspecified atom stereocenters. The minimum absolute atomic E-state index is 0.0976. The summed E-state index contributed by atoms with van der Waals surface area (Å²) in [5, 5.41) is 21.9. The molecule has 0 amide bonds. The van der Waals surface area contributed by atoms with Crippen molar-refractivity contribution in [2.75, 3.05) is 6.61 Å². The highest BCUT2D eigenvalue weighted by Gasteiger charge is 2.53. The molecule has 120 valence electrons. The van der Waals surface area contributed by atoms with Crippen LogP contribution < -0.4 is 4.74 Å². The number of ether oxygens (including phenoxy) is 1. The van der Waals surface area contributed by atoms with Gasteiger partial charge >= 0.3 is 6.18 Å². The summed E-state index contributed by atoms with van der Waals surface area (Å²) in [7, 11) is 0. The molecule has 0 aliphatic rings. The van der Waals surface area contributed by atoms with Gasteiger partial charge < -0.3 is 14.9 Å². The summed E-state index contributed by atoms with van der Waals surface area (Å²) in [5.41, 5.74) is 0.738. The number of alkyl halides is 3. The largest absolute Gasteiger partial charge is 0.488 e. The van der Waals surface area contributed by atoms with Crippen LogP contribution in [0, 0.1) is 0 Å². The highest BCUT2D eigenvalue weighted by molar-refractivity contribution is 9.10.